The Balaban J connectivity index is 1.46. The van der Waals surface area contributed by atoms with Crippen LogP contribution < -0.4 is 10.1 Å². The maximum atomic E-state index is 14.0. The number of hydrogen-bond donors (Lipinski definition) is 1. The molecule has 0 radical (unpaired) electrons. The summed E-state index contributed by atoms with van der Waals surface area (Å²) >= 11 is 0. The number of aryl methyl sites for hydroxylation is 1. The molecule has 0 spiro atoms. The second-order valence-electron chi connectivity index (χ2n) is 8.33. The zero-order valence-corrected chi connectivity index (χ0v) is 19.0. The standard InChI is InChI=1S/C26H29FN2O4/c1-3-33-26(31)16-29-23-11-7-18(27)14-21(23)22-15-19(8-12-24(22)29)28-25(30)13-6-17-4-9-20(32-2)10-5-17/h4-5,7,9-11,14,19H,3,6,8,12-13,15-16H2,1-2H3,(H,28,30)/t19-/m1/s1. The van der Waals surface area contributed by atoms with Crippen LogP contribution in [0, 0.1) is 5.82 Å². The number of esters is 1. The van der Waals surface area contributed by atoms with E-state index in [9.17, 15) is 14.0 Å². The van der Waals surface area contributed by atoms with Crippen molar-refractivity contribution >= 4 is 22.8 Å². The second kappa shape index (κ2) is 10.1. The summed E-state index contributed by atoms with van der Waals surface area (Å²) in [7, 11) is 1.63. The van der Waals surface area contributed by atoms with Crippen molar-refractivity contribution in [2.45, 2.75) is 51.6 Å². The molecule has 0 saturated heterocycles. The van der Waals surface area contributed by atoms with E-state index in [1.807, 2.05) is 28.8 Å². The van der Waals surface area contributed by atoms with Crippen LogP contribution in [-0.2, 0) is 40.1 Å². The number of ether oxygens (including phenoxy) is 2. The zero-order chi connectivity index (χ0) is 23.4. The highest BCUT2D eigenvalue weighted by atomic mass is 19.1. The Morgan fingerprint density at radius 2 is 1.97 bits per heavy atom. The van der Waals surface area contributed by atoms with Crippen molar-refractivity contribution in [2.24, 2.45) is 0 Å². The molecule has 0 aliphatic heterocycles. The molecule has 1 atom stereocenters. The van der Waals surface area contributed by atoms with Gasteiger partial charge in [-0.25, -0.2) is 4.39 Å². The van der Waals surface area contributed by atoms with Crippen molar-refractivity contribution in [3.8, 4) is 5.75 Å². The fourth-order valence-corrected chi connectivity index (χ4v) is 4.61. The topological polar surface area (TPSA) is 69.6 Å². The molecule has 2 aromatic carbocycles. The van der Waals surface area contributed by atoms with Gasteiger partial charge in [-0.05, 0) is 74.1 Å². The molecule has 33 heavy (non-hydrogen) atoms. The summed E-state index contributed by atoms with van der Waals surface area (Å²) in [6, 6.07) is 12.3. The number of aromatic nitrogens is 1. The van der Waals surface area contributed by atoms with E-state index in [0.717, 1.165) is 39.9 Å². The lowest BCUT2D eigenvalue weighted by molar-refractivity contribution is -0.143. The highest BCUT2D eigenvalue weighted by Crippen LogP contribution is 2.33. The molecular weight excluding hydrogens is 423 g/mol. The third kappa shape index (κ3) is 5.18. The Kier molecular flexibility index (Phi) is 6.96. The number of amides is 1. The van der Waals surface area contributed by atoms with Gasteiger partial charge >= 0.3 is 5.97 Å². The van der Waals surface area contributed by atoms with Gasteiger partial charge in [0.1, 0.15) is 18.1 Å². The van der Waals surface area contributed by atoms with E-state index in [0.29, 0.717) is 32.3 Å². The molecule has 1 N–H and O–H groups in total. The van der Waals surface area contributed by atoms with Crippen LogP contribution in [0.4, 0.5) is 4.39 Å². The highest BCUT2D eigenvalue weighted by Gasteiger charge is 2.27. The summed E-state index contributed by atoms with van der Waals surface area (Å²) in [6.45, 7) is 2.20. The van der Waals surface area contributed by atoms with Gasteiger partial charge < -0.3 is 19.4 Å². The molecular formula is C26H29FN2O4. The number of nitrogens with one attached hydrogen (secondary N) is 1. The molecule has 174 valence electrons. The molecule has 0 bridgehead atoms. The fraction of sp³-hybridized carbons (Fsp3) is 0.385. The van der Waals surface area contributed by atoms with E-state index in [2.05, 4.69) is 5.32 Å². The van der Waals surface area contributed by atoms with E-state index < -0.39 is 0 Å². The molecule has 7 heteroatoms. The predicted molar refractivity (Wildman–Crippen MR) is 124 cm³/mol. The summed E-state index contributed by atoms with van der Waals surface area (Å²) in [4.78, 5) is 24.8. The van der Waals surface area contributed by atoms with Crippen LogP contribution >= 0.6 is 0 Å². The SMILES string of the molecule is CCOC(=O)Cn1c2c(c3cc(F)ccc31)C[C@H](NC(=O)CCc1ccc(OC)cc1)CC2. The number of nitrogens with zero attached hydrogens (tertiary/aromatic N) is 1. The lowest BCUT2D eigenvalue weighted by atomic mass is 9.91. The van der Waals surface area contributed by atoms with Crippen molar-refractivity contribution in [1.29, 1.82) is 0 Å². The van der Waals surface area contributed by atoms with Gasteiger partial charge in [0.15, 0.2) is 0 Å². The Hall–Kier alpha value is -3.35. The quantitative estimate of drug-likeness (QED) is 0.526. The first-order chi connectivity index (χ1) is 16.0. The minimum Gasteiger partial charge on any atom is -0.497 e. The third-order valence-corrected chi connectivity index (χ3v) is 6.19. The number of hydrogen-bond acceptors (Lipinski definition) is 4. The summed E-state index contributed by atoms with van der Waals surface area (Å²) < 4.78 is 26.3. The van der Waals surface area contributed by atoms with Crippen molar-refractivity contribution in [3.05, 3.63) is 65.1 Å². The van der Waals surface area contributed by atoms with Gasteiger partial charge in [0.2, 0.25) is 5.91 Å². The first-order valence-electron chi connectivity index (χ1n) is 11.4. The van der Waals surface area contributed by atoms with E-state index >= 15 is 0 Å². The largest absolute Gasteiger partial charge is 0.497 e. The first kappa shape index (κ1) is 22.8. The Morgan fingerprint density at radius 3 is 2.70 bits per heavy atom. The molecule has 0 unspecified atom stereocenters. The van der Waals surface area contributed by atoms with Crippen LogP contribution in [0.2, 0.25) is 0 Å². The van der Waals surface area contributed by atoms with Crippen LogP contribution in [0.1, 0.15) is 36.6 Å². The third-order valence-electron chi connectivity index (χ3n) is 6.19. The first-order valence-corrected chi connectivity index (χ1v) is 11.4. The minimum absolute atomic E-state index is 0.000658. The van der Waals surface area contributed by atoms with E-state index in [1.165, 1.54) is 12.1 Å². The van der Waals surface area contributed by atoms with Gasteiger partial charge in [0, 0.05) is 29.1 Å². The number of halogens is 1. The van der Waals surface area contributed by atoms with Gasteiger partial charge in [0.05, 0.1) is 13.7 Å². The molecule has 6 nitrogen and oxygen atoms in total. The molecule has 4 rings (SSSR count). The molecule has 1 aliphatic rings. The average Bonchev–Trinajstić information content (AvgIpc) is 3.10. The van der Waals surface area contributed by atoms with Gasteiger partial charge in [0.25, 0.3) is 0 Å². The molecule has 3 aromatic rings. The molecule has 1 amide bonds. The Morgan fingerprint density at radius 1 is 1.18 bits per heavy atom. The normalized spacial score (nSPS) is 15.2. The summed E-state index contributed by atoms with van der Waals surface area (Å²) in [5, 5.41) is 3.94. The number of carbonyl (C=O) groups is 2. The van der Waals surface area contributed by atoms with Crippen LogP contribution in [0.15, 0.2) is 42.5 Å². The number of benzene rings is 2. The summed E-state index contributed by atoms with van der Waals surface area (Å²) in [5.74, 6) is 0.167. The number of rotatable bonds is 8. The minimum atomic E-state index is -0.316. The molecule has 1 heterocycles. The van der Waals surface area contributed by atoms with Gasteiger partial charge in [-0.1, -0.05) is 12.1 Å². The van der Waals surface area contributed by atoms with Gasteiger partial charge in [-0.3, -0.25) is 9.59 Å². The lowest BCUT2D eigenvalue weighted by Gasteiger charge is -2.25. The maximum absolute atomic E-state index is 14.0. The van der Waals surface area contributed by atoms with Crippen LogP contribution in [-0.4, -0.2) is 36.2 Å². The Labute approximate surface area is 192 Å². The fourth-order valence-electron chi connectivity index (χ4n) is 4.61. The van der Waals surface area contributed by atoms with E-state index in [1.54, 1.807) is 20.1 Å². The van der Waals surface area contributed by atoms with Crippen molar-refractivity contribution in [1.82, 2.24) is 9.88 Å². The van der Waals surface area contributed by atoms with Crippen molar-refractivity contribution in [3.63, 3.8) is 0 Å². The smallest absolute Gasteiger partial charge is 0.325 e. The Bertz CT molecular complexity index is 1150. The van der Waals surface area contributed by atoms with E-state index in [4.69, 9.17) is 9.47 Å². The van der Waals surface area contributed by atoms with Gasteiger partial charge in [-0.15, -0.1) is 0 Å². The average molecular weight is 453 g/mol. The van der Waals surface area contributed by atoms with Crippen molar-refractivity contribution < 1.29 is 23.5 Å². The number of fused-ring (bicyclic) bond motifs is 3. The van der Waals surface area contributed by atoms with Crippen LogP contribution in [0.25, 0.3) is 10.9 Å². The molecule has 1 aliphatic carbocycles. The summed E-state index contributed by atoms with van der Waals surface area (Å²) in [5.41, 5.74) is 3.92. The second-order valence-corrected chi connectivity index (χ2v) is 8.33. The molecule has 1 aromatic heterocycles. The zero-order valence-electron chi connectivity index (χ0n) is 19.0. The predicted octanol–water partition coefficient (Wildman–Crippen LogP) is 3.96. The molecule has 0 fully saturated rings. The number of carbonyl (C=O) groups excluding carboxylic acids is 2. The van der Waals surface area contributed by atoms with Crippen LogP contribution in [0.3, 0.4) is 0 Å². The van der Waals surface area contributed by atoms with Gasteiger partial charge in [-0.2, -0.15) is 0 Å². The summed E-state index contributed by atoms with van der Waals surface area (Å²) in [6.07, 6.45) is 3.13. The molecule has 0 saturated carbocycles. The maximum Gasteiger partial charge on any atom is 0.325 e. The van der Waals surface area contributed by atoms with Crippen LogP contribution in [0.5, 0.6) is 5.75 Å². The lowest BCUT2D eigenvalue weighted by Crippen LogP contribution is -2.39. The monoisotopic (exact) mass is 452 g/mol. The van der Waals surface area contributed by atoms with Crippen molar-refractivity contribution in [2.75, 3.05) is 13.7 Å². The van der Waals surface area contributed by atoms with E-state index in [-0.39, 0.29) is 30.3 Å². The highest BCUT2D eigenvalue weighted by molar-refractivity contribution is 5.87. The number of methoxy groups -OCH3 is 1.